The standard InChI is InChI=1S/C5H9ClN.2ClH.Pt/c6-5-1-3-7-4-2-5;;;/h5H,1-4H2;2*1H;/q-1;;;+4/p-2. The molecule has 5 heteroatoms. The Morgan fingerprint density at radius 2 is 1.60 bits per heavy atom. The summed E-state index contributed by atoms with van der Waals surface area (Å²) in [5.74, 6) is 0. The van der Waals surface area contributed by atoms with E-state index >= 15 is 0 Å². The molecule has 0 spiro atoms. The Balaban J connectivity index is 0.000000236. The number of rotatable bonds is 0. The van der Waals surface area contributed by atoms with E-state index in [1.165, 1.54) is 0 Å². The number of halogens is 3. The summed E-state index contributed by atoms with van der Waals surface area (Å²) in [6.45, 7) is 1.96. The van der Waals surface area contributed by atoms with Gasteiger partial charge in [0.15, 0.2) is 0 Å². The molecular formula is C5H9Cl3NPt+. The van der Waals surface area contributed by atoms with Crippen LogP contribution in [0.3, 0.4) is 0 Å². The molecule has 0 atom stereocenters. The van der Waals surface area contributed by atoms with E-state index in [4.69, 9.17) is 30.4 Å². The van der Waals surface area contributed by atoms with Crippen LogP contribution in [0.2, 0.25) is 0 Å². The van der Waals surface area contributed by atoms with Crippen LogP contribution in [0, 0.1) is 0 Å². The zero-order chi connectivity index (χ0) is 7.82. The van der Waals surface area contributed by atoms with Crippen LogP contribution >= 0.6 is 30.4 Å². The Kier molecular flexibility index (Phi) is 9.92. The van der Waals surface area contributed by atoms with E-state index in [-0.39, 0.29) is 0 Å². The molecule has 1 rings (SSSR count). The third-order valence-corrected chi connectivity index (χ3v) is 1.64. The van der Waals surface area contributed by atoms with Gasteiger partial charge in [0.25, 0.3) is 0 Å². The number of nitrogens with zero attached hydrogens (tertiary/aromatic N) is 1. The molecule has 1 heterocycles. The van der Waals surface area contributed by atoms with E-state index in [2.05, 4.69) is 5.32 Å². The van der Waals surface area contributed by atoms with Crippen molar-refractivity contribution in [2.75, 3.05) is 13.1 Å². The SMILES string of the molecule is ClC1CC[N-]CC1.[Cl][Pt+2][Cl]. The summed E-state index contributed by atoms with van der Waals surface area (Å²) >= 11 is 5.28. The topological polar surface area (TPSA) is 14.1 Å². The molecule has 1 aliphatic rings. The van der Waals surface area contributed by atoms with Gasteiger partial charge in [0.1, 0.15) is 0 Å². The van der Waals surface area contributed by atoms with Crippen LogP contribution in [-0.2, 0) is 16.5 Å². The normalized spacial score (nSPS) is 19.9. The summed E-state index contributed by atoms with van der Waals surface area (Å²) in [5, 5.41) is 4.56. The molecule has 0 N–H and O–H groups in total. The monoisotopic (exact) mass is 383 g/mol. The van der Waals surface area contributed by atoms with Gasteiger partial charge in [-0.1, -0.05) is 12.8 Å². The van der Waals surface area contributed by atoms with Crippen LogP contribution in [0.25, 0.3) is 5.32 Å². The molecule has 0 amide bonds. The zero-order valence-electron chi connectivity index (χ0n) is 5.30. The molecule has 1 nitrogen and oxygen atoms in total. The molecule has 10 heavy (non-hydrogen) atoms. The predicted molar refractivity (Wildman–Crippen MR) is 43.7 cm³/mol. The summed E-state index contributed by atoms with van der Waals surface area (Å²) in [7, 11) is 9.75. The first-order valence-electron chi connectivity index (χ1n) is 2.91. The zero-order valence-corrected chi connectivity index (χ0v) is 9.84. The van der Waals surface area contributed by atoms with Gasteiger partial charge in [-0.05, 0) is 0 Å². The van der Waals surface area contributed by atoms with Crippen molar-refractivity contribution in [1.29, 1.82) is 0 Å². The van der Waals surface area contributed by atoms with E-state index < -0.39 is 16.5 Å². The maximum absolute atomic E-state index is 5.76. The van der Waals surface area contributed by atoms with Crippen molar-refractivity contribution >= 4 is 30.4 Å². The van der Waals surface area contributed by atoms with Gasteiger partial charge in [-0.2, -0.15) is 0 Å². The Morgan fingerprint density at radius 1 is 1.20 bits per heavy atom. The quantitative estimate of drug-likeness (QED) is 0.570. The van der Waals surface area contributed by atoms with Crippen LogP contribution in [0.1, 0.15) is 12.8 Å². The minimum absolute atomic E-state index is 0.414. The van der Waals surface area contributed by atoms with Gasteiger partial charge >= 0.3 is 35.3 Å². The summed E-state index contributed by atoms with van der Waals surface area (Å²) in [6, 6.07) is 0. The predicted octanol–water partition coefficient (Wildman–Crippen LogP) is 3.14. The Morgan fingerprint density at radius 3 is 1.80 bits per heavy atom. The molecule has 0 aliphatic carbocycles. The van der Waals surface area contributed by atoms with Gasteiger partial charge in [-0.25, -0.2) is 0 Å². The molecule has 0 saturated carbocycles. The number of piperidine rings is 1. The van der Waals surface area contributed by atoms with Crippen molar-refractivity contribution in [3.8, 4) is 0 Å². The van der Waals surface area contributed by atoms with Crippen LogP contribution in [0.15, 0.2) is 0 Å². The molecule has 0 aromatic carbocycles. The molecule has 1 saturated heterocycles. The first-order valence-corrected chi connectivity index (χ1v) is 8.97. The third kappa shape index (κ3) is 7.62. The van der Waals surface area contributed by atoms with Gasteiger partial charge in [-0.3, -0.25) is 0 Å². The number of hydrogen-bond donors (Lipinski definition) is 0. The fourth-order valence-corrected chi connectivity index (χ4v) is 0.914. The van der Waals surface area contributed by atoms with Crippen molar-refractivity contribution in [2.45, 2.75) is 18.2 Å². The Hall–Kier alpha value is 1.52. The molecule has 64 valence electrons. The van der Waals surface area contributed by atoms with Gasteiger partial charge in [-0.15, -0.1) is 24.7 Å². The fraction of sp³-hybridized carbons (Fsp3) is 1.00. The molecule has 0 aromatic rings. The van der Waals surface area contributed by atoms with Crippen molar-refractivity contribution in [2.24, 2.45) is 0 Å². The van der Waals surface area contributed by atoms with Crippen molar-refractivity contribution in [3.05, 3.63) is 5.32 Å². The van der Waals surface area contributed by atoms with Crippen LogP contribution in [0.4, 0.5) is 0 Å². The molecule has 0 unspecified atom stereocenters. The summed E-state index contributed by atoms with van der Waals surface area (Å²) in [6.07, 6.45) is 2.17. The van der Waals surface area contributed by atoms with Gasteiger partial charge < -0.3 is 5.32 Å². The Bertz CT molecular complexity index is 67.9. The summed E-state index contributed by atoms with van der Waals surface area (Å²) < 4.78 is 0. The van der Waals surface area contributed by atoms with Gasteiger partial charge in [0, 0.05) is 5.38 Å². The third-order valence-electron chi connectivity index (χ3n) is 1.20. The van der Waals surface area contributed by atoms with E-state index in [0.717, 1.165) is 25.9 Å². The second kappa shape index (κ2) is 8.61. The van der Waals surface area contributed by atoms with E-state index in [9.17, 15) is 0 Å². The first kappa shape index (κ1) is 11.5. The molecule has 0 radical (unpaired) electrons. The van der Waals surface area contributed by atoms with Gasteiger partial charge in [0.05, 0.1) is 0 Å². The average molecular weight is 385 g/mol. The summed E-state index contributed by atoms with van der Waals surface area (Å²) in [4.78, 5) is 0. The van der Waals surface area contributed by atoms with Crippen LogP contribution in [-0.4, -0.2) is 18.5 Å². The second-order valence-electron chi connectivity index (χ2n) is 1.89. The Labute approximate surface area is 83.2 Å². The number of alkyl halides is 1. The molecule has 1 aliphatic heterocycles. The first-order chi connectivity index (χ1) is 4.81. The van der Waals surface area contributed by atoms with E-state index in [0.29, 0.717) is 5.38 Å². The summed E-state index contributed by atoms with van der Waals surface area (Å²) in [5.41, 5.74) is 0. The van der Waals surface area contributed by atoms with E-state index in [1.807, 2.05) is 0 Å². The van der Waals surface area contributed by atoms with Crippen molar-refractivity contribution in [3.63, 3.8) is 0 Å². The van der Waals surface area contributed by atoms with Gasteiger partial charge in [0.2, 0.25) is 0 Å². The molecule has 0 bridgehead atoms. The molecular weight excluding hydrogens is 375 g/mol. The van der Waals surface area contributed by atoms with Crippen LogP contribution < -0.4 is 0 Å². The maximum atomic E-state index is 5.76. The number of hydrogen-bond acceptors (Lipinski definition) is 0. The minimum atomic E-state index is -0.472. The molecule has 1 fully saturated rings. The molecule has 0 aromatic heterocycles. The van der Waals surface area contributed by atoms with Crippen LogP contribution in [0.5, 0.6) is 0 Å². The average Bonchev–Trinajstić information content (AvgIpc) is 1.91. The van der Waals surface area contributed by atoms with Crippen molar-refractivity contribution < 1.29 is 16.5 Å². The second-order valence-corrected chi connectivity index (χ2v) is 5.79. The van der Waals surface area contributed by atoms with E-state index in [1.54, 1.807) is 0 Å². The fourth-order valence-electron chi connectivity index (χ4n) is 0.719. The van der Waals surface area contributed by atoms with Crippen molar-refractivity contribution in [1.82, 2.24) is 0 Å².